The van der Waals surface area contributed by atoms with Gasteiger partial charge in [-0.1, -0.05) is 25.8 Å². The van der Waals surface area contributed by atoms with Gasteiger partial charge in [0.15, 0.2) is 11.5 Å². The summed E-state index contributed by atoms with van der Waals surface area (Å²) in [6.45, 7) is -1.26. The van der Waals surface area contributed by atoms with Crippen molar-refractivity contribution in [1.29, 1.82) is 0 Å². The number of halogens is 2. The van der Waals surface area contributed by atoms with E-state index in [1.54, 1.807) is 0 Å². The summed E-state index contributed by atoms with van der Waals surface area (Å²) in [5, 5.41) is 11.4. The Kier molecular flexibility index (Phi) is 7.24. The molecule has 0 aliphatic heterocycles. The molecule has 1 atom stereocenters. The largest absolute Gasteiger partial charge is 0.493 e. The molecule has 0 saturated heterocycles. The first-order chi connectivity index (χ1) is 10.9. The Hall–Kier alpha value is -2.38. The molecule has 1 unspecified atom stereocenters. The lowest BCUT2D eigenvalue weighted by Gasteiger charge is -2.17. The number of nitrogens with one attached hydrogen (secondary N) is 1. The second kappa shape index (κ2) is 8.92. The van der Waals surface area contributed by atoms with Crippen LogP contribution in [0.4, 0.5) is 8.78 Å². The third-order valence-electron chi connectivity index (χ3n) is 3.10. The van der Waals surface area contributed by atoms with Gasteiger partial charge >= 0.3 is 12.6 Å². The first-order valence-corrected chi connectivity index (χ1v) is 7.06. The van der Waals surface area contributed by atoms with Crippen LogP contribution < -0.4 is 14.8 Å². The standard InChI is InChI=1S/C15H19F2NO5/c1-3-4-7-10(14(20)21)18-13(19)9-6-5-8-11(22-2)12(9)23-15(16)17/h5-6,8,10,15H,3-4,7H2,1-2H3,(H,18,19)(H,20,21). The summed E-state index contributed by atoms with van der Waals surface area (Å²) >= 11 is 0. The van der Waals surface area contributed by atoms with Gasteiger partial charge in [-0.2, -0.15) is 8.78 Å². The number of hydrogen-bond acceptors (Lipinski definition) is 4. The maximum atomic E-state index is 12.5. The Morgan fingerprint density at radius 2 is 2.04 bits per heavy atom. The van der Waals surface area contributed by atoms with Crippen molar-refractivity contribution >= 4 is 11.9 Å². The summed E-state index contributed by atoms with van der Waals surface area (Å²) in [6, 6.07) is 2.94. The molecule has 0 aliphatic carbocycles. The van der Waals surface area contributed by atoms with E-state index in [1.165, 1.54) is 25.3 Å². The van der Waals surface area contributed by atoms with Gasteiger partial charge in [0.25, 0.3) is 5.91 Å². The fraction of sp³-hybridized carbons (Fsp3) is 0.467. The molecule has 6 nitrogen and oxygen atoms in total. The van der Waals surface area contributed by atoms with Crippen molar-refractivity contribution < 1.29 is 33.0 Å². The lowest BCUT2D eigenvalue weighted by Crippen LogP contribution is -2.40. The number of carbonyl (C=O) groups is 2. The topological polar surface area (TPSA) is 84.9 Å². The summed E-state index contributed by atoms with van der Waals surface area (Å²) in [4.78, 5) is 23.4. The quantitative estimate of drug-likeness (QED) is 0.727. The number of alkyl halides is 2. The highest BCUT2D eigenvalue weighted by Gasteiger charge is 2.24. The second-order valence-electron chi connectivity index (χ2n) is 4.72. The van der Waals surface area contributed by atoms with Crippen molar-refractivity contribution in [3.05, 3.63) is 23.8 Å². The zero-order chi connectivity index (χ0) is 17.4. The predicted octanol–water partition coefficient (Wildman–Crippen LogP) is 2.67. The molecule has 0 aromatic heterocycles. The van der Waals surface area contributed by atoms with Crippen LogP contribution in [0.25, 0.3) is 0 Å². The number of para-hydroxylation sites is 1. The van der Waals surface area contributed by atoms with Crippen LogP contribution in [-0.2, 0) is 4.79 Å². The lowest BCUT2D eigenvalue weighted by molar-refractivity contribution is -0.139. The highest BCUT2D eigenvalue weighted by atomic mass is 19.3. The fourth-order valence-electron chi connectivity index (χ4n) is 1.97. The maximum absolute atomic E-state index is 12.5. The van der Waals surface area contributed by atoms with Crippen LogP contribution in [0.15, 0.2) is 18.2 Å². The number of unbranched alkanes of at least 4 members (excludes halogenated alkanes) is 1. The number of carbonyl (C=O) groups excluding carboxylic acids is 1. The molecule has 0 aliphatic rings. The molecule has 8 heteroatoms. The highest BCUT2D eigenvalue weighted by molar-refractivity contribution is 5.99. The smallest absolute Gasteiger partial charge is 0.387 e. The number of hydrogen-bond donors (Lipinski definition) is 2. The third kappa shape index (κ3) is 5.39. The molecular weight excluding hydrogens is 312 g/mol. The molecule has 0 fully saturated rings. The minimum Gasteiger partial charge on any atom is -0.493 e. The number of rotatable bonds is 9. The lowest BCUT2D eigenvalue weighted by atomic mass is 10.1. The average Bonchev–Trinajstić information content (AvgIpc) is 2.50. The van der Waals surface area contributed by atoms with E-state index < -0.39 is 30.3 Å². The van der Waals surface area contributed by atoms with Crippen LogP contribution in [0.2, 0.25) is 0 Å². The van der Waals surface area contributed by atoms with E-state index in [2.05, 4.69) is 10.1 Å². The number of methoxy groups -OCH3 is 1. The van der Waals surface area contributed by atoms with E-state index >= 15 is 0 Å². The molecule has 23 heavy (non-hydrogen) atoms. The summed E-state index contributed by atoms with van der Waals surface area (Å²) in [6.07, 6.45) is 1.61. The summed E-state index contributed by atoms with van der Waals surface area (Å²) < 4.78 is 34.3. The van der Waals surface area contributed by atoms with E-state index in [9.17, 15) is 18.4 Å². The zero-order valence-electron chi connectivity index (χ0n) is 12.8. The molecule has 0 bridgehead atoms. The molecule has 0 heterocycles. The monoisotopic (exact) mass is 331 g/mol. The number of carboxylic acid groups (broad SMARTS) is 1. The number of amides is 1. The number of ether oxygens (including phenoxy) is 2. The van der Waals surface area contributed by atoms with Crippen LogP contribution in [0, 0.1) is 0 Å². The normalized spacial score (nSPS) is 11.9. The molecular formula is C15H19F2NO5. The SMILES string of the molecule is CCCCC(NC(=O)c1cccc(OC)c1OC(F)F)C(=O)O. The Bertz CT molecular complexity index is 551. The number of aliphatic carboxylic acids is 1. The van der Waals surface area contributed by atoms with E-state index in [1.807, 2.05) is 6.92 Å². The van der Waals surface area contributed by atoms with Crippen LogP contribution in [0.5, 0.6) is 11.5 Å². The summed E-state index contributed by atoms with van der Waals surface area (Å²) in [5.74, 6) is -2.48. The first kappa shape index (κ1) is 18.7. The predicted molar refractivity (Wildman–Crippen MR) is 78.0 cm³/mol. The number of carboxylic acids is 1. The van der Waals surface area contributed by atoms with Gasteiger partial charge < -0.3 is 19.9 Å². The number of benzene rings is 1. The molecule has 0 radical (unpaired) electrons. The second-order valence-corrected chi connectivity index (χ2v) is 4.72. The van der Waals surface area contributed by atoms with E-state index in [-0.39, 0.29) is 17.7 Å². The van der Waals surface area contributed by atoms with Crippen molar-refractivity contribution in [3.8, 4) is 11.5 Å². The van der Waals surface area contributed by atoms with Gasteiger partial charge in [0, 0.05) is 0 Å². The summed E-state index contributed by atoms with van der Waals surface area (Å²) in [7, 11) is 1.25. The Labute approximate surface area is 132 Å². The summed E-state index contributed by atoms with van der Waals surface area (Å²) in [5.41, 5.74) is -0.215. The van der Waals surface area contributed by atoms with Crippen LogP contribution >= 0.6 is 0 Å². The van der Waals surface area contributed by atoms with Crippen LogP contribution in [0.3, 0.4) is 0 Å². The fourth-order valence-corrected chi connectivity index (χ4v) is 1.97. The van der Waals surface area contributed by atoms with E-state index in [0.717, 1.165) is 6.42 Å². The minimum absolute atomic E-state index is 0.0432. The molecule has 1 aromatic rings. The molecule has 1 rings (SSSR count). The van der Waals surface area contributed by atoms with E-state index in [0.29, 0.717) is 6.42 Å². The zero-order valence-corrected chi connectivity index (χ0v) is 12.8. The third-order valence-corrected chi connectivity index (χ3v) is 3.10. The van der Waals surface area contributed by atoms with E-state index in [4.69, 9.17) is 9.84 Å². The van der Waals surface area contributed by atoms with Gasteiger partial charge in [0.2, 0.25) is 0 Å². The van der Waals surface area contributed by atoms with Crippen molar-refractivity contribution in [2.75, 3.05) is 7.11 Å². The van der Waals surface area contributed by atoms with Gasteiger partial charge in [0.05, 0.1) is 12.7 Å². The Morgan fingerprint density at radius 1 is 1.35 bits per heavy atom. The van der Waals surface area contributed by atoms with Gasteiger partial charge in [-0.05, 0) is 18.6 Å². The molecule has 0 spiro atoms. The van der Waals surface area contributed by atoms with Crippen molar-refractivity contribution in [2.45, 2.75) is 38.8 Å². The Balaban J connectivity index is 3.04. The van der Waals surface area contributed by atoms with Gasteiger partial charge in [0.1, 0.15) is 6.04 Å². The van der Waals surface area contributed by atoms with Gasteiger partial charge in [-0.25, -0.2) is 4.79 Å². The van der Waals surface area contributed by atoms with Crippen LogP contribution in [-0.4, -0.2) is 36.7 Å². The highest BCUT2D eigenvalue weighted by Crippen LogP contribution is 2.32. The maximum Gasteiger partial charge on any atom is 0.387 e. The van der Waals surface area contributed by atoms with Crippen molar-refractivity contribution in [1.82, 2.24) is 5.32 Å². The molecule has 1 amide bonds. The Morgan fingerprint density at radius 3 is 2.57 bits per heavy atom. The molecule has 128 valence electrons. The molecule has 1 aromatic carbocycles. The van der Waals surface area contributed by atoms with Crippen molar-refractivity contribution in [3.63, 3.8) is 0 Å². The van der Waals surface area contributed by atoms with Crippen molar-refractivity contribution in [2.24, 2.45) is 0 Å². The first-order valence-electron chi connectivity index (χ1n) is 7.06. The average molecular weight is 331 g/mol. The van der Waals surface area contributed by atoms with Gasteiger partial charge in [-0.3, -0.25) is 4.79 Å². The van der Waals surface area contributed by atoms with Gasteiger partial charge in [-0.15, -0.1) is 0 Å². The minimum atomic E-state index is -3.15. The molecule has 2 N–H and O–H groups in total. The molecule has 0 saturated carbocycles. The van der Waals surface area contributed by atoms with Crippen LogP contribution in [0.1, 0.15) is 36.5 Å².